The Balaban J connectivity index is 2.36. The van der Waals surface area contributed by atoms with Crippen LogP contribution in [0.1, 0.15) is 37.0 Å². The van der Waals surface area contributed by atoms with Gasteiger partial charge in [0.15, 0.2) is 0 Å². The minimum absolute atomic E-state index is 0.0777. The molecule has 16 heavy (non-hydrogen) atoms. The molecule has 1 amide bonds. The van der Waals surface area contributed by atoms with Gasteiger partial charge in [-0.2, -0.15) is 0 Å². The second kappa shape index (κ2) is 5.94. The quantitative estimate of drug-likeness (QED) is 0.781. The van der Waals surface area contributed by atoms with Crippen molar-refractivity contribution in [2.75, 3.05) is 12.4 Å². The summed E-state index contributed by atoms with van der Waals surface area (Å²) in [5.41, 5.74) is 0.641. The Hall–Kier alpha value is -0.960. The summed E-state index contributed by atoms with van der Waals surface area (Å²) in [6.45, 7) is 4.89. The Morgan fingerprint density at radius 1 is 1.56 bits per heavy atom. The van der Waals surface area contributed by atoms with Crippen LogP contribution < -0.4 is 5.32 Å². The molecule has 3 nitrogen and oxygen atoms in total. The summed E-state index contributed by atoms with van der Waals surface area (Å²) in [5.74, 6) is 0.576. The zero-order valence-corrected chi connectivity index (χ0v) is 10.5. The van der Waals surface area contributed by atoms with E-state index in [-0.39, 0.29) is 11.3 Å². The minimum atomic E-state index is -0.0901. The van der Waals surface area contributed by atoms with Crippen LogP contribution in [0.3, 0.4) is 0 Å². The van der Waals surface area contributed by atoms with Crippen molar-refractivity contribution in [3.63, 3.8) is 0 Å². The molecular weight excluding hydrogens is 226 g/mol. The van der Waals surface area contributed by atoms with Gasteiger partial charge in [-0.3, -0.25) is 4.79 Å². The van der Waals surface area contributed by atoms with E-state index in [1.54, 1.807) is 6.07 Å². The average Bonchev–Trinajstić information content (AvgIpc) is 2.77. The molecule has 1 heterocycles. The number of furan rings is 1. The molecule has 4 heteroatoms. The maximum atomic E-state index is 11.6. The fourth-order valence-electron chi connectivity index (χ4n) is 1.45. The molecule has 1 aromatic heterocycles. The standard InChI is InChI=1S/C12H18ClNO2/c1-12(2,5-3-6-13)9-14-11(15)10-4-7-16-8-10/h4,7-8H,3,5-6,9H2,1-2H3,(H,14,15). The van der Waals surface area contributed by atoms with Gasteiger partial charge in [0, 0.05) is 12.4 Å². The van der Waals surface area contributed by atoms with E-state index in [9.17, 15) is 4.79 Å². The molecule has 0 aliphatic carbocycles. The summed E-state index contributed by atoms with van der Waals surface area (Å²) in [6.07, 6.45) is 4.91. The fourth-order valence-corrected chi connectivity index (χ4v) is 1.58. The first-order valence-electron chi connectivity index (χ1n) is 5.41. The smallest absolute Gasteiger partial charge is 0.254 e. The van der Waals surface area contributed by atoms with Crippen molar-refractivity contribution in [3.05, 3.63) is 24.2 Å². The van der Waals surface area contributed by atoms with Crippen molar-refractivity contribution in [3.8, 4) is 0 Å². The number of hydrogen-bond donors (Lipinski definition) is 1. The maximum Gasteiger partial charge on any atom is 0.254 e. The monoisotopic (exact) mass is 243 g/mol. The fraction of sp³-hybridized carbons (Fsp3) is 0.583. The summed E-state index contributed by atoms with van der Waals surface area (Å²) in [7, 11) is 0. The van der Waals surface area contributed by atoms with Gasteiger partial charge < -0.3 is 9.73 Å². The number of carbonyl (C=O) groups excluding carboxylic acids is 1. The molecule has 0 radical (unpaired) electrons. The molecule has 0 aliphatic heterocycles. The van der Waals surface area contributed by atoms with Gasteiger partial charge in [-0.1, -0.05) is 13.8 Å². The van der Waals surface area contributed by atoms with Crippen LogP contribution in [0.5, 0.6) is 0 Å². The van der Waals surface area contributed by atoms with Crippen LogP contribution >= 0.6 is 11.6 Å². The highest BCUT2D eigenvalue weighted by Crippen LogP contribution is 2.21. The number of alkyl halides is 1. The van der Waals surface area contributed by atoms with Crippen molar-refractivity contribution < 1.29 is 9.21 Å². The summed E-state index contributed by atoms with van der Waals surface area (Å²) >= 11 is 5.65. The molecule has 1 N–H and O–H groups in total. The van der Waals surface area contributed by atoms with Crippen LogP contribution in [-0.4, -0.2) is 18.3 Å². The number of halogens is 1. The number of amides is 1. The zero-order chi connectivity index (χ0) is 12.0. The van der Waals surface area contributed by atoms with E-state index >= 15 is 0 Å². The first kappa shape index (κ1) is 13.1. The van der Waals surface area contributed by atoms with E-state index in [0.29, 0.717) is 18.0 Å². The third-order valence-corrected chi connectivity index (χ3v) is 2.77. The minimum Gasteiger partial charge on any atom is -0.472 e. The number of nitrogens with one attached hydrogen (secondary N) is 1. The predicted molar refractivity (Wildman–Crippen MR) is 64.8 cm³/mol. The van der Waals surface area contributed by atoms with E-state index < -0.39 is 0 Å². The molecule has 0 bridgehead atoms. The molecule has 0 aliphatic rings. The van der Waals surface area contributed by atoms with Crippen LogP contribution in [-0.2, 0) is 0 Å². The van der Waals surface area contributed by atoms with Crippen LogP contribution in [0.4, 0.5) is 0 Å². The lowest BCUT2D eigenvalue weighted by Crippen LogP contribution is -2.33. The van der Waals surface area contributed by atoms with E-state index in [2.05, 4.69) is 19.2 Å². The molecule has 0 saturated carbocycles. The second-order valence-corrected chi connectivity index (χ2v) is 5.03. The zero-order valence-electron chi connectivity index (χ0n) is 9.75. The highest BCUT2D eigenvalue weighted by atomic mass is 35.5. The van der Waals surface area contributed by atoms with Crippen molar-refractivity contribution in [1.82, 2.24) is 5.32 Å². The number of rotatable bonds is 6. The number of hydrogen-bond acceptors (Lipinski definition) is 2. The first-order chi connectivity index (χ1) is 7.55. The third-order valence-electron chi connectivity index (χ3n) is 2.50. The summed E-state index contributed by atoms with van der Waals surface area (Å²) in [5, 5.41) is 2.89. The van der Waals surface area contributed by atoms with Gasteiger partial charge in [-0.25, -0.2) is 0 Å². The van der Waals surface area contributed by atoms with E-state index in [1.807, 2.05) is 0 Å². The Bertz CT molecular complexity index is 320. The largest absolute Gasteiger partial charge is 0.472 e. The summed E-state index contributed by atoms with van der Waals surface area (Å²) in [4.78, 5) is 11.6. The molecule has 1 rings (SSSR count). The predicted octanol–water partition coefficient (Wildman–Crippen LogP) is 3.05. The van der Waals surface area contributed by atoms with Gasteiger partial charge in [0.05, 0.1) is 11.8 Å². The van der Waals surface area contributed by atoms with Crippen molar-refractivity contribution in [1.29, 1.82) is 0 Å². The number of carbonyl (C=O) groups is 1. The highest BCUT2D eigenvalue weighted by molar-refractivity contribution is 6.17. The molecule has 0 saturated heterocycles. The van der Waals surface area contributed by atoms with E-state index in [1.165, 1.54) is 12.5 Å². The Morgan fingerprint density at radius 2 is 2.31 bits per heavy atom. The molecule has 0 atom stereocenters. The molecule has 0 spiro atoms. The van der Waals surface area contributed by atoms with Gasteiger partial charge in [0.1, 0.15) is 6.26 Å². The molecule has 0 unspecified atom stereocenters. The van der Waals surface area contributed by atoms with Crippen LogP contribution in [0.15, 0.2) is 23.0 Å². The van der Waals surface area contributed by atoms with E-state index in [4.69, 9.17) is 16.0 Å². The highest BCUT2D eigenvalue weighted by Gasteiger charge is 2.18. The second-order valence-electron chi connectivity index (χ2n) is 4.65. The molecule has 1 aromatic rings. The first-order valence-corrected chi connectivity index (χ1v) is 5.95. The van der Waals surface area contributed by atoms with E-state index in [0.717, 1.165) is 12.8 Å². The maximum absolute atomic E-state index is 11.6. The summed E-state index contributed by atoms with van der Waals surface area (Å²) < 4.78 is 4.85. The molecule has 90 valence electrons. The topological polar surface area (TPSA) is 42.2 Å². The van der Waals surface area contributed by atoms with Crippen molar-refractivity contribution >= 4 is 17.5 Å². The van der Waals surface area contributed by atoms with Crippen LogP contribution in [0.25, 0.3) is 0 Å². The third kappa shape index (κ3) is 4.27. The SMILES string of the molecule is CC(C)(CCCCl)CNC(=O)c1ccoc1. The lowest BCUT2D eigenvalue weighted by Gasteiger charge is -2.24. The average molecular weight is 244 g/mol. The molecule has 0 aromatic carbocycles. The lowest BCUT2D eigenvalue weighted by atomic mass is 9.88. The van der Waals surface area contributed by atoms with Crippen LogP contribution in [0.2, 0.25) is 0 Å². The molecular formula is C12H18ClNO2. The lowest BCUT2D eigenvalue weighted by molar-refractivity contribution is 0.0934. The van der Waals surface area contributed by atoms with Gasteiger partial charge in [0.2, 0.25) is 0 Å². The summed E-state index contributed by atoms with van der Waals surface area (Å²) in [6, 6.07) is 1.65. The Kier molecular flexibility index (Phi) is 4.87. The van der Waals surface area contributed by atoms with Gasteiger partial charge in [-0.05, 0) is 24.3 Å². The Morgan fingerprint density at radius 3 is 2.88 bits per heavy atom. The van der Waals surface area contributed by atoms with Gasteiger partial charge in [0.25, 0.3) is 5.91 Å². The van der Waals surface area contributed by atoms with Crippen molar-refractivity contribution in [2.45, 2.75) is 26.7 Å². The van der Waals surface area contributed by atoms with Crippen LogP contribution in [0, 0.1) is 5.41 Å². The Labute approximate surface area is 101 Å². The van der Waals surface area contributed by atoms with Gasteiger partial charge >= 0.3 is 0 Å². The van der Waals surface area contributed by atoms with Crippen molar-refractivity contribution in [2.24, 2.45) is 5.41 Å². The molecule has 0 fully saturated rings. The van der Waals surface area contributed by atoms with Gasteiger partial charge in [-0.15, -0.1) is 11.6 Å². The normalized spacial score (nSPS) is 11.4.